The second-order valence-electron chi connectivity index (χ2n) is 7.04. The molecule has 0 fully saturated rings. The second-order valence-corrected chi connectivity index (χ2v) is 7.45. The Balaban J connectivity index is 1.60. The minimum atomic E-state index is -0.178. The van der Waals surface area contributed by atoms with Crippen molar-refractivity contribution in [3.05, 3.63) is 87.6 Å². The summed E-state index contributed by atoms with van der Waals surface area (Å²) in [6.45, 7) is 2.18. The van der Waals surface area contributed by atoms with Crippen molar-refractivity contribution in [3.8, 4) is 23.0 Å². The lowest BCUT2D eigenvalue weighted by Gasteiger charge is -2.10. The van der Waals surface area contributed by atoms with Crippen LogP contribution < -0.4 is 18.9 Å². The lowest BCUT2D eigenvalue weighted by Crippen LogP contribution is -2.00. The van der Waals surface area contributed by atoms with E-state index in [0.29, 0.717) is 45.8 Å². The first kappa shape index (κ1) is 20.8. The number of ether oxygens (including phenoxy) is 4. The highest BCUT2D eigenvalue weighted by atomic mass is 35.5. The quantitative estimate of drug-likeness (QED) is 0.453. The Morgan fingerprint density at radius 2 is 1.81 bits per heavy atom. The molecule has 0 radical (unpaired) electrons. The number of carbonyl (C=O) groups excluding carboxylic acids is 1. The van der Waals surface area contributed by atoms with Gasteiger partial charge in [0, 0.05) is 28.3 Å². The molecule has 0 bridgehead atoms. The molecule has 158 valence electrons. The number of carbonyl (C=O) groups is 1. The van der Waals surface area contributed by atoms with E-state index in [1.165, 1.54) is 0 Å². The zero-order chi connectivity index (χ0) is 22.0. The third-order valence-corrected chi connectivity index (χ3v) is 5.39. The van der Waals surface area contributed by atoms with Crippen LogP contribution in [0.2, 0.25) is 5.02 Å². The zero-order valence-electron chi connectivity index (χ0n) is 17.4. The van der Waals surface area contributed by atoms with Gasteiger partial charge in [-0.2, -0.15) is 0 Å². The number of Topliss-reactive ketones (excluding diaryl/α,β-unsaturated/α-hetero) is 1. The number of benzene rings is 3. The molecule has 1 aliphatic heterocycles. The van der Waals surface area contributed by atoms with Crippen molar-refractivity contribution in [2.75, 3.05) is 14.2 Å². The summed E-state index contributed by atoms with van der Waals surface area (Å²) in [7, 11) is 3.15. The molecule has 0 N–H and O–H groups in total. The summed E-state index contributed by atoms with van der Waals surface area (Å²) >= 11 is 6.20. The van der Waals surface area contributed by atoms with Gasteiger partial charge in [0.15, 0.2) is 5.76 Å². The molecule has 0 amide bonds. The molecule has 31 heavy (non-hydrogen) atoms. The fourth-order valence-electron chi connectivity index (χ4n) is 3.42. The maximum Gasteiger partial charge on any atom is 0.232 e. The first-order valence-corrected chi connectivity index (χ1v) is 10.0. The van der Waals surface area contributed by atoms with Crippen molar-refractivity contribution in [3.63, 3.8) is 0 Å². The summed E-state index contributed by atoms with van der Waals surface area (Å²) in [5, 5.41) is 0.644. The van der Waals surface area contributed by atoms with Gasteiger partial charge in [-0.15, -0.1) is 0 Å². The van der Waals surface area contributed by atoms with Crippen molar-refractivity contribution < 1.29 is 23.7 Å². The molecule has 0 saturated heterocycles. The molecule has 0 aromatic heterocycles. The number of ketones is 1. The van der Waals surface area contributed by atoms with Gasteiger partial charge < -0.3 is 18.9 Å². The molecule has 1 heterocycles. The fraction of sp³-hybridized carbons (Fsp3) is 0.160. The van der Waals surface area contributed by atoms with Crippen LogP contribution >= 0.6 is 11.6 Å². The first-order valence-electron chi connectivity index (χ1n) is 9.67. The highest BCUT2D eigenvalue weighted by Crippen LogP contribution is 2.38. The molecular weight excluding hydrogens is 416 g/mol. The van der Waals surface area contributed by atoms with E-state index in [1.54, 1.807) is 38.5 Å². The van der Waals surface area contributed by atoms with E-state index in [0.717, 1.165) is 11.1 Å². The summed E-state index contributed by atoms with van der Waals surface area (Å²) in [5.74, 6) is 2.37. The van der Waals surface area contributed by atoms with Gasteiger partial charge in [-0.05, 0) is 42.8 Å². The number of rotatable bonds is 6. The highest BCUT2D eigenvalue weighted by molar-refractivity contribution is 6.31. The smallest absolute Gasteiger partial charge is 0.232 e. The fourth-order valence-corrected chi connectivity index (χ4v) is 3.61. The molecule has 0 saturated carbocycles. The molecule has 0 spiro atoms. The predicted molar refractivity (Wildman–Crippen MR) is 119 cm³/mol. The van der Waals surface area contributed by atoms with Gasteiger partial charge >= 0.3 is 0 Å². The number of fused-ring (bicyclic) bond motifs is 1. The van der Waals surface area contributed by atoms with Crippen LogP contribution in [0.1, 0.15) is 27.0 Å². The molecule has 5 nitrogen and oxygen atoms in total. The van der Waals surface area contributed by atoms with Crippen molar-refractivity contribution in [1.29, 1.82) is 0 Å². The Labute approximate surface area is 185 Å². The van der Waals surface area contributed by atoms with Gasteiger partial charge in [0.25, 0.3) is 0 Å². The monoisotopic (exact) mass is 436 g/mol. The average molecular weight is 437 g/mol. The summed E-state index contributed by atoms with van der Waals surface area (Å²) < 4.78 is 22.4. The normalized spacial score (nSPS) is 13.7. The minimum Gasteiger partial charge on any atom is -0.497 e. The zero-order valence-corrected chi connectivity index (χ0v) is 18.2. The third-order valence-electron chi connectivity index (χ3n) is 5.02. The third kappa shape index (κ3) is 4.23. The van der Waals surface area contributed by atoms with Gasteiger partial charge in [-0.1, -0.05) is 29.8 Å². The number of hydrogen-bond donors (Lipinski definition) is 0. The van der Waals surface area contributed by atoms with Crippen LogP contribution in [0.4, 0.5) is 0 Å². The maximum absolute atomic E-state index is 13.0. The minimum absolute atomic E-state index is 0.178. The van der Waals surface area contributed by atoms with Gasteiger partial charge in [0.1, 0.15) is 29.6 Å². The molecule has 0 unspecified atom stereocenters. The van der Waals surface area contributed by atoms with E-state index >= 15 is 0 Å². The van der Waals surface area contributed by atoms with E-state index in [4.69, 9.17) is 30.5 Å². The summed E-state index contributed by atoms with van der Waals surface area (Å²) in [5.41, 5.74) is 2.91. The van der Waals surface area contributed by atoms with Crippen LogP contribution in [0.5, 0.6) is 23.0 Å². The van der Waals surface area contributed by atoms with Gasteiger partial charge in [0.2, 0.25) is 5.78 Å². The van der Waals surface area contributed by atoms with Gasteiger partial charge in [-0.3, -0.25) is 4.79 Å². The Morgan fingerprint density at radius 3 is 2.55 bits per heavy atom. The van der Waals surface area contributed by atoms with E-state index in [1.807, 2.05) is 43.3 Å². The van der Waals surface area contributed by atoms with Crippen LogP contribution in [0.15, 0.2) is 60.4 Å². The van der Waals surface area contributed by atoms with Crippen molar-refractivity contribution in [1.82, 2.24) is 0 Å². The standard InChI is InChI=1S/C25H21ClO5/c1-15-10-19(30-14-17-6-4-5-7-20(17)26)13-22-24(15)25(27)23(31-22)11-16-8-9-18(28-2)12-21(16)29-3/h4-13H,14H2,1-3H3/b23-11-. The average Bonchev–Trinajstić information content (AvgIpc) is 3.09. The van der Waals surface area contributed by atoms with E-state index in [9.17, 15) is 4.79 Å². The molecule has 6 heteroatoms. The molecule has 3 aromatic carbocycles. The highest BCUT2D eigenvalue weighted by Gasteiger charge is 2.30. The number of aryl methyl sites for hydroxylation is 1. The van der Waals surface area contributed by atoms with Gasteiger partial charge in [0.05, 0.1) is 19.8 Å². The van der Waals surface area contributed by atoms with Crippen LogP contribution in [0, 0.1) is 6.92 Å². The first-order chi connectivity index (χ1) is 15.0. The molecule has 3 aromatic rings. The van der Waals surface area contributed by atoms with Crippen LogP contribution in [-0.2, 0) is 6.61 Å². The second kappa shape index (κ2) is 8.74. The maximum atomic E-state index is 13.0. The molecule has 1 aliphatic rings. The largest absolute Gasteiger partial charge is 0.497 e. The van der Waals surface area contributed by atoms with Crippen molar-refractivity contribution in [2.24, 2.45) is 0 Å². The SMILES string of the molecule is COc1ccc(/C=C2\Oc3cc(OCc4ccccc4Cl)cc(C)c3C2=O)c(OC)c1. The van der Waals surface area contributed by atoms with Gasteiger partial charge in [-0.25, -0.2) is 0 Å². The van der Waals surface area contributed by atoms with E-state index in [2.05, 4.69) is 0 Å². The Kier molecular flexibility index (Phi) is 5.87. The van der Waals surface area contributed by atoms with E-state index in [-0.39, 0.29) is 11.5 Å². The molecule has 4 rings (SSSR count). The van der Waals surface area contributed by atoms with E-state index < -0.39 is 0 Å². The van der Waals surface area contributed by atoms with Crippen LogP contribution in [0.3, 0.4) is 0 Å². The molecule has 0 aliphatic carbocycles. The topological polar surface area (TPSA) is 54.0 Å². The molecular formula is C25H21ClO5. The van der Waals surface area contributed by atoms with Crippen LogP contribution in [-0.4, -0.2) is 20.0 Å². The summed E-state index contributed by atoms with van der Waals surface area (Å²) in [6, 6.07) is 16.4. The Bertz CT molecular complexity index is 1180. The summed E-state index contributed by atoms with van der Waals surface area (Å²) in [4.78, 5) is 13.0. The lowest BCUT2D eigenvalue weighted by molar-refractivity contribution is 0.101. The summed E-state index contributed by atoms with van der Waals surface area (Å²) in [6.07, 6.45) is 1.67. The Morgan fingerprint density at radius 1 is 1.00 bits per heavy atom. The number of methoxy groups -OCH3 is 2. The lowest BCUT2D eigenvalue weighted by atomic mass is 10.0. The number of allylic oxidation sites excluding steroid dienone is 1. The predicted octanol–water partition coefficient (Wildman–Crippen LogP) is 5.86. The number of halogens is 1. The van der Waals surface area contributed by atoms with Crippen LogP contribution in [0.25, 0.3) is 6.08 Å². The van der Waals surface area contributed by atoms with Crippen molar-refractivity contribution in [2.45, 2.75) is 13.5 Å². The van der Waals surface area contributed by atoms with Crippen molar-refractivity contribution >= 4 is 23.5 Å². The molecule has 0 atom stereocenters. The number of hydrogen-bond acceptors (Lipinski definition) is 5. The Hall–Kier alpha value is -3.44.